The van der Waals surface area contributed by atoms with Gasteiger partial charge in [0.1, 0.15) is 0 Å². The molecule has 13 heavy (non-hydrogen) atoms. The topological polar surface area (TPSA) is 0 Å². The summed E-state index contributed by atoms with van der Waals surface area (Å²) in [5.41, 5.74) is 2.44. The molecule has 0 heterocycles. The molecular formula is C11H13ClS. The van der Waals surface area contributed by atoms with E-state index < -0.39 is 0 Å². The van der Waals surface area contributed by atoms with Gasteiger partial charge >= 0.3 is 0 Å². The van der Waals surface area contributed by atoms with Crippen LogP contribution in [0, 0.1) is 6.92 Å². The molecule has 0 atom stereocenters. The number of rotatable bonds is 3. The molecule has 0 saturated heterocycles. The molecule has 1 rings (SSSR count). The third kappa shape index (κ3) is 3.45. The first-order valence-corrected chi connectivity index (χ1v) is 5.28. The van der Waals surface area contributed by atoms with Crippen LogP contribution < -0.4 is 0 Å². The Hall–Kier alpha value is -0.400. The fraction of sp³-hybridized carbons (Fsp3) is 0.273. The highest BCUT2D eigenvalue weighted by atomic mass is 35.5. The molecule has 0 unspecified atom stereocenters. The summed E-state index contributed by atoms with van der Waals surface area (Å²) >= 11 is 9.98. The number of halogens is 1. The lowest BCUT2D eigenvalue weighted by Crippen LogP contribution is -1.79. The third-order valence-electron chi connectivity index (χ3n) is 1.83. The van der Waals surface area contributed by atoms with Crippen LogP contribution in [-0.2, 0) is 0 Å². The minimum atomic E-state index is 0.795. The molecule has 0 radical (unpaired) electrons. The van der Waals surface area contributed by atoms with Crippen LogP contribution in [0.25, 0.3) is 6.08 Å². The summed E-state index contributed by atoms with van der Waals surface area (Å²) in [5.74, 6) is 0.892. The molecule has 0 spiro atoms. The summed E-state index contributed by atoms with van der Waals surface area (Å²) in [6.45, 7) is 2.06. The zero-order valence-electron chi connectivity index (χ0n) is 7.63. The van der Waals surface area contributed by atoms with Crippen molar-refractivity contribution in [2.24, 2.45) is 0 Å². The molecule has 70 valence electrons. The number of hydrogen-bond acceptors (Lipinski definition) is 1. The zero-order chi connectivity index (χ0) is 9.68. The highest BCUT2D eigenvalue weighted by Gasteiger charge is 1.94. The predicted octanol–water partition coefficient (Wildman–Crippen LogP) is 3.98. The molecule has 0 aromatic heterocycles. The van der Waals surface area contributed by atoms with Crippen molar-refractivity contribution >= 4 is 30.3 Å². The van der Waals surface area contributed by atoms with Gasteiger partial charge in [-0.25, -0.2) is 0 Å². The van der Waals surface area contributed by atoms with Crippen LogP contribution >= 0.6 is 24.2 Å². The fourth-order valence-corrected chi connectivity index (χ4v) is 1.49. The monoisotopic (exact) mass is 212 g/mol. The predicted molar refractivity (Wildman–Crippen MR) is 63.7 cm³/mol. The zero-order valence-corrected chi connectivity index (χ0v) is 9.28. The van der Waals surface area contributed by atoms with E-state index in [1.807, 2.05) is 18.2 Å². The summed E-state index contributed by atoms with van der Waals surface area (Å²) in [7, 11) is 0. The fourth-order valence-electron chi connectivity index (χ4n) is 1.11. The standard InChI is InChI=1S/C11H13ClS/c1-9-8-11(12)6-5-10(9)4-2-3-7-13/h2,4-6,8,13H,3,7H2,1H3. The highest BCUT2D eigenvalue weighted by molar-refractivity contribution is 7.80. The van der Waals surface area contributed by atoms with Crippen molar-refractivity contribution in [2.45, 2.75) is 13.3 Å². The molecule has 1 aromatic carbocycles. The van der Waals surface area contributed by atoms with E-state index >= 15 is 0 Å². The molecule has 0 aliphatic rings. The van der Waals surface area contributed by atoms with Gasteiger partial charge in [-0.05, 0) is 42.4 Å². The Morgan fingerprint density at radius 1 is 1.46 bits per heavy atom. The van der Waals surface area contributed by atoms with Gasteiger partial charge in [-0.1, -0.05) is 29.8 Å². The Morgan fingerprint density at radius 2 is 2.23 bits per heavy atom. The summed E-state index contributed by atoms with van der Waals surface area (Å²) in [4.78, 5) is 0. The van der Waals surface area contributed by atoms with Crippen LogP contribution in [-0.4, -0.2) is 5.75 Å². The van der Waals surface area contributed by atoms with E-state index in [4.69, 9.17) is 11.6 Å². The number of thiol groups is 1. The molecule has 2 heteroatoms. The van der Waals surface area contributed by atoms with Crippen LogP contribution in [0.5, 0.6) is 0 Å². The average Bonchev–Trinajstić information content (AvgIpc) is 2.09. The normalized spacial score (nSPS) is 11.0. The van der Waals surface area contributed by atoms with Gasteiger partial charge in [0.05, 0.1) is 0 Å². The maximum absolute atomic E-state index is 5.84. The minimum absolute atomic E-state index is 0.795. The summed E-state index contributed by atoms with van der Waals surface area (Å²) in [5, 5.41) is 0.795. The first-order chi connectivity index (χ1) is 6.24. The Bertz CT molecular complexity index is 305. The van der Waals surface area contributed by atoms with E-state index in [9.17, 15) is 0 Å². The summed E-state index contributed by atoms with van der Waals surface area (Å²) < 4.78 is 0. The second-order valence-electron chi connectivity index (χ2n) is 2.92. The molecule has 0 fully saturated rings. The molecule has 1 aromatic rings. The molecule has 0 saturated carbocycles. The van der Waals surface area contributed by atoms with Gasteiger partial charge in [-0.15, -0.1) is 0 Å². The van der Waals surface area contributed by atoms with Gasteiger partial charge in [0.25, 0.3) is 0 Å². The van der Waals surface area contributed by atoms with E-state index in [2.05, 4.69) is 31.7 Å². The average molecular weight is 213 g/mol. The number of hydrogen-bond donors (Lipinski definition) is 1. The SMILES string of the molecule is Cc1cc(Cl)ccc1C=CCCS. The van der Waals surface area contributed by atoms with Crippen molar-refractivity contribution in [3.63, 3.8) is 0 Å². The van der Waals surface area contributed by atoms with Crippen molar-refractivity contribution in [1.82, 2.24) is 0 Å². The summed E-state index contributed by atoms with van der Waals surface area (Å²) in [6.07, 6.45) is 5.25. The largest absolute Gasteiger partial charge is 0.179 e. The van der Waals surface area contributed by atoms with Crippen molar-refractivity contribution in [3.8, 4) is 0 Å². The van der Waals surface area contributed by atoms with Gasteiger partial charge in [0.15, 0.2) is 0 Å². The molecule has 0 nitrogen and oxygen atoms in total. The van der Waals surface area contributed by atoms with E-state index in [1.165, 1.54) is 11.1 Å². The van der Waals surface area contributed by atoms with Crippen LogP contribution in [0.15, 0.2) is 24.3 Å². The van der Waals surface area contributed by atoms with Crippen LogP contribution in [0.3, 0.4) is 0 Å². The molecule has 0 amide bonds. The van der Waals surface area contributed by atoms with Gasteiger partial charge in [-0.3, -0.25) is 0 Å². The quantitative estimate of drug-likeness (QED) is 0.720. The Labute approximate surface area is 90.0 Å². The highest BCUT2D eigenvalue weighted by Crippen LogP contribution is 2.16. The smallest absolute Gasteiger partial charge is 0.0409 e. The number of allylic oxidation sites excluding steroid dienone is 1. The minimum Gasteiger partial charge on any atom is -0.179 e. The second kappa shape index (κ2) is 5.36. The first-order valence-electron chi connectivity index (χ1n) is 4.27. The third-order valence-corrected chi connectivity index (χ3v) is 2.32. The Kier molecular flexibility index (Phi) is 4.40. The van der Waals surface area contributed by atoms with Gasteiger partial charge in [0, 0.05) is 5.02 Å². The molecular weight excluding hydrogens is 200 g/mol. The van der Waals surface area contributed by atoms with Crippen molar-refractivity contribution in [3.05, 3.63) is 40.4 Å². The van der Waals surface area contributed by atoms with Gasteiger partial charge in [0.2, 0.25) is 0 Å². The second-order valence-corrected chi connectivity index (χ2v) is 3.80. The molecule has 0 N–H and O–H groups in total. The van der Waals surface area contributed by atoms with Crippen molar-refractivity contribution in [1.29, 1.82) is 0 Å². The number of benzene rings is 1. The lowest BCUT2D eigenvalue weighted by Gasteiger charge is -1.99. The van der Waals surface area contributed by atoms with Crippen LogP contribution in [0.4, 0.5) is 0 Å². The Morgan fingerprint density at radius 3 is 2.85 bits per heavy atom. The lowest BCUT2D eigenvalue weighted by molar-refractivity contribution is 1.26. The number of aryl methyl sites for hydroxylation is 1. The van der Waals surface area contributed by atoms with E-state index in [0.717, 1.165) is 17.2 Å². The van der Waals surface area contributed by atoms with Gasteiger partial charge in [-0.2, -0.15) is 12.6 Å². The molecule has 0 aliphatic carbocycles. The van der Waals surface area contributed by atoms with E-state index in [-0.39, 0.29) is 0 Å². The summed E-state index contributed by atoms with van der Waals surface area (Å²) in [6, 6.07) is 5.92. The maximum atomic E-state index is 5.84. The molecule has 0 aliphatic heterocycles. The maximum Gasteiger partial charge on any atom is 0.0409 e. The van der Waals surface area contributed by atoms with Crippen LogP contribution in [0.2, 0.25) is 5.02 Å². The van der Waals surface area contributed by atoms with Gasteiger partial charge < -0.3 is 0 Å². The molecule has 0 bridgehead atoms. The lowest BCUT2D eigenvalue weighted by atomic mass is 10.1. The first kappa shape index (κ1) is 10.7. The van der Waals surface area contributed by atoms with Crippen LogP contribution in [0.1, 0.15) is 17.5 Å². The van der Waals surface area contributed by atoms with Crippen molar-refractivity contribution < 1.29 is 0 Å². The van der Waals surface area contributed by atoms with E-state index in [1.54, 1.807) is 0 Å². The van der Waals surface area contributed by atoms with Crippen molar-refractivity contribution in [2.75, 3.05) is 5.75 Å². The Balaban J connectivity index is 2.77. The van der Waals surface area contributed by atoms with E-state index in [0.29, 0.717) is 0 Å².